The van der Waals surface area contributed by atoms with Gasteiger partial charge in [0.15, 0.2) is 0 Å². The third-order valence-electron chi connectivity index (χ3n) is 5.02. The summed E-state index contributed by atoms with van der Waals surface area (Å²) >= 11 is 0. The van der Waals surface area contributed by atoms with E-state index in [0.717, 1.165) is 18.9 Å². The van der Waals surface area contributed by atoms with Gasteiger partial charge in [-0.3, -0.25) is 0 Å². The van der Waals surface area contributed by atoms with E-state index in [0.29, 0.717) is 5.92 Å². The minimum absolute atomic E-state index is 0.119. The molecule has 2 heteroatoms. The van der Waals surface area contributed by atoms with Crippen LogP contribution in [0.25, 0.3) is 0 Å². The summed E-state index contributed by atoms with van der Waals surface area (Å²) in [7, 11) is 2.16. The van der Waals surface area contributed by atoms with E-state index in [1.54, 1.807) is 0 Å². The van der Waals surface area contributed by atoms with Crippen molar-refractivity contribution in [2.75, 3.05) is 18.5 Å². The van der Waals surface area contributed by atoms with Gasteiger partial charge in [0.1, 0.15) is 0 Å². The average molecular weight is 289 g/mol. The number of hydrogen-bond donors (Lipinski definition) is 1. The van der Waals surface area contributed by atoms with Crippen LogP contribution in [0, 0.1) is 25.7 Å². The van der Waals surface area contributed by atoms with Crippen molar-refractivity contribution < 1.29 is 5.11 Å². The summed E-state index contributed by atoms with van der Waals surface area (Å²) in [5, 5.41) is 10.3. The monoisotopic (exact) mass is 289 g/mol. The van der Waals surface area contributed by atoms with Crippen molar-refractivity contribution in [1.29, 1.82) is 0 Å². The molecule has 118 valence electrons. The molecule has 21 heavy (non-hydrogen) atoms. The quantitative estimate of drug-likeness (QED) is 0.872. The van der Waals surface area contributed by atoms with E-state index >= 15 is 0 Å². The molecule has 0 bridgehead atoms. The van der Waals surface area contributed by atoms with Crippen molar-refractivity contribution in [1.82, 2.24) is 0 Å². The molecule has 2 rings (SSSR count). The zero-order chi connectivity index (χ0) is 15.4. The number of anilines is 1. The Kier molecular flexibility index (Phi) is 5.69. The molecule has 0 radical (unpaired) electrons. The number of aryl methyl sites for hydroxylation is 2. The lowest BCUT2D eigenvalue weighted by Gasteiger charge is -2.36. The molecular weight excluding hydrogens is 258 g/mol. The van der Waals surface area contributed by atoms with Crippen molar-refractivity contribution in [2.45, 2.75) is 59.0 Å². The minimum Gasteiger partial charge on any atom is -0.393 e. The van der Waals surface area contributed by atoms with Gasteiger partial charge >= 0.3 is 0 Å². The fourth-order valence-electron chi connectivity index (χ4n) is 3.90. The summed E-state index contributed by atoms with van der Waals surface area (Å²) in [5.41, 5.74) is 3.93. The van der Waals surface area contributed by atoms with Crippen LogP contribution >= 0.6 is 0 Å². The Morgan fingerprint density at radius 3 is 2.67 bits per heavy atom. The topological polar surface area (TPSA) is 23.5 Å². The molecule has 1 saturated carbocycles. The second-order valence-corrected chi connectivity index (χ2v) is 6.97. The lowest BCUT2D eigenvalue weighted by atomic mass is 9.77. The maximum atomic E-state index is 10.3. The fraction of sp³-hybridized carbons (Fsp3) is 0.684. The highest BCUT2D eigenvalue weighted by molar-refractivity contribution is 5.53. The minimum atomic E-state index is -0.119. The average Bonchev–Trinajstić information content (AvgIpc) is 2.42. The van der Waals surface area contributed by atoms with Gasteiger partial charge in [-0.05, 0) is 50.7 Å². The Labute approximate surface area is 130 Å². The van der Waals surface area contributed by atoms with E-state index in [9.17, 15) is 5.11 Å². The van der Waals surface area contributed by atoms with Crippen molar-refractivity contribution in [3.8, 4) is 0 Å². The van der Waals surface area contributed by atoms with E-state index in [1.807, 2.05) is 0 Å². The summed E-state index contributed by atoms with van der Waals surface area (Å²) in [5.74, 6) is 1.23. The highest BCUT2D eigenvalue weighted by Crippen LogP contribution is 2.33. The van der Waals surface area contributed by atoms with Gasteiger partial charge in [-0.2, -0.15) is 0 Å². The zero-order valence-electron chi connectivity index (χ0n) is 14.1. The van der Waals surface area contributed by atoms with E-state index < -0.39 is 0 Å². The molecule has 0 heterocycles. The van der Waals surface area contributed by atoms with Crippen LogP contribution in [0.15, 0.2) is 18.2 Å². The molecule has 1 aliphatic carbocycles. The summed E-state index contributed by atoms with van der Waals surface area (Å²) < 4.78 is 0. The molecule has 0 amide bonds. The molecular formula is C19H31NO. The van der Waals surface area contributed by atoms with Gasteiger partial charge < -0.3 is 10.0 Å². The molecule has 1 aromatic rings. The van der Waals surface area contributed by atoms with Crippen LogP contribution in [-0.4, -0.2) is 24.8 Å². The van der Waals surface area contributed by atoms with Crippen molar-refractivity contribution in [3.63, 3.8) is 0 Å². The van der Waals surface area contributed by atoms with Gasteiger partial charge in [0.2, 0.25) is 0 Å². The fourth-order valence-corrected chi connectivity index (χ4v) is 3.90. The Morgan fingerprint density at radius 1 is 1.24 bits per heavy atom. The van der Waals surface area contributed by atoms with E-state index in [4.69, 9.17) is 0 Å². The second-order valence-electron chi connectivity index (χ2n) is 6.97. The SMILES string of the molecule is CCCC1CCC(O)C(CN(C)c2ccc(C)cc2C)C1. The first-order chi connectivity index (χ1) is 10.0. The third kappa shape index (κ3) is 4.23. The summed E-state index contributed by atoms with van der Waals surface area (Å²) in [6.45, 7) is 7.54. The number of rotatable bonds is 5. The Bertz CT molecular complexity index is 457. The van der Waals surface area contributed by atoms with Crippen LogP contribution in [0.4, 0.5) is 5.69 Å². The first-order valence-electron chi connectivity index (χ1n) is 8.47. The van der Waals surface area contributed by atoms with Gasteiger partial charge in [0, 0.05) is 25.2 Å². The third-order valence-corrected chi connectivity index (χ3v) is 5.02. The maximum Gasteiger partial charge on any atom is 0.0585 e. The van der Waals surface area contributed by atoms with Crippen LogP contribution in [-0.2, 0) is 0 Å². The van der Waals surface area contributed by atoms with Crippen molar-refractivity contribution >= 4 is 5.69 Å². The lowest BCUT2D eigenvalue weighted by molar-refractivity contribution is 0.0499. The zero-order valence-corrected chi connectivity index (χ0v) is 14.1. The molecule has 1 fully saturated rings. The number of benzene rings is 1. The van der Waals surface area contributed by atoms with Gasteiger partial charge in [-0.15, -0.1) is 0 Å². The highest BCUT2D eigenvalue weighted by atomic mass is 16.3. The predicted molar refractivity (Wildman–Crippen MR) is 90.9 cm³/mol. The van der Waals surface area contributed by atoms with E-state index in [-0.39, 0.29) is 6.10 Å². The maximum absolute atomic E-state index is 10.3. The lowest BCUT2D eigenvalue weighted by Crippen LogP contribution is -2.37. The van der Waals surface area contributed by atoms with Crippen LogP contribution < -0.4 is 4.90 Å². The van der Waals surface area contributed by atoms with Crippen LogP contribution in [0.2, 0.25) is 0 Å². The van der Waals surface area contributed by atoms with Crippen molar-refractivity contribution in [3.05, 3.63) is 29.3 Å². The predicted octanol–water partition coefficient (Wildman–Crippen LogP) is 4.32. The number of nitrogens with zero attached hydrogens (tertiary/aromatic N) is 1. The molecule has 0 saturated heterocycles. The largest absolute Gasteiger partial charge is 0.393 e. The molecule has 0 aromatic heterocycles. The number of aliphatic hydroxyl groups excluding tert-OH is 1. The molecule has 0 spiro atoms. The number of aliphatic hydroxyl groups is 1. The Hall–Kier alpha value is -1.02. The van der Waals surface area contributed by atoms with Crippen LogP contribution in [0.1, 0.15) is 50.2 Å². The molecule has 1 aromatic carbocycles. The van der Waals surface area contributed by atoms with E-state index in [2.05, 4.69) is 50.9 Å². The first-order valence-corrected chi connectivity index (χ1v) is 8.47. The Morgan fingerprint density at radius 2 is 2.00 bits per heavy atom. The molecule has 2 nitrogen and oxygen atoms in total. The molecule has 1 aliphatic rings. The smallest absolute Gasteiger partial charge is 0.0585 e. The molecule has 0 aliphatic heterocycles. The summed E-state index contributed by atoms with van der Waals surface area (Å²) in [6, 6.07) is 6.63. The van der Waals surface area contributed by atoms with Crippen LogP contribution in [0.5, 0.6) is 0 Å². The molecule has 3 atom stereocenters. The normalized spacial score (nSPS) is 25.9. The van der Waals surface area contributed by atoms with Crippen molar-refractivity contribution in [2.24, 2.45) is 11.8 Å². The highest BCUT2D eigenvalue weighted by Gasteiger charge is 2.29. The van der Waals surface area contributed by atoms with E-state index in [1.165, 1.54) is 42.5 Å². The summed E-state index contributed by atoms with van der Waals surface area (Å²) in [4.78, 5) is 2.33. The standard InChI is InChI=1S/C19H31NO/c1-5-6-16-8-10-19(21)17(12-16)13-20(4)18-9-7-14(2)11-15(18)3/h7,9,11,16-17,19,21H,5-6,8,10,12-13H2,1-4H3. The van der Waals surface area contributed by atoms with Gasteiger partial charge in [0.05, 0.1) is 6.10 Å². The molecule has 1 N–H and O–H groups in total. The molecule has 3 unspecified atom stereocenters. The Balaban J connectivity index is 2.01. The number of hydrogen-bond acceptors (Lipinski definition) is 2. The first kappa shape index (κ1) is 16.4. The van der Waals surface area contributed by atoms with Gasteiger partial charge in [0.25, 0.3) is 0 Å². The van der Waals surface area contributed by atoms with Gasteiger partial charge in [-0.1, -0.05) is 37.5 Å². The van der Waals surface area contributed by atoms with Crippen LogP contribution in [0.3, 0.4) is 0 Å². The second kappa shape index (κ2) is 7.31. The van der Waals surface area contributed by atoms with Gasteiger partial charge in [-0.25, -0.2) is 0 Å². The summed E-state index contributed by atoms with van der Waals surface area (Å²) in [6.07, 6.45) is 5.84.